The molecule has 4 heavy (non-hydrogen) atoms. The van der Waals surface area contributed by atoms with E-state index in [0.717, 1.165) is 0 Å². The molecule has 1 atom stereocenters. The Hall–Kier alpha value is 1.00. The summed E-state index contributed by atoms with van der Waals surface area (Å²) in [7, 11) is 6.38. The lowest BCUT2D eigenvalue weighted by Gasteiger charge is -1.63. The van der Waals surface area contributed by atoms with Gasteiger partial charge < -0.3 is 0 Å². The van der Waals surface area contributed by atoms with E-state index in [0.29, 0.717) is 0 Å². The second-order valence-corrected chi connectivity index (χ2v) is 3.95. The Bertz CT molecular complexity index is 64.6. The fourth-order valence-electron chi connectivity index (χ4n) is 0. The molecular weight excluding hydrogens is 109 g/mol. The van der Waals surface area contributed by atoms with E-state index in [1.807, 2.05) is 0 Å². The minimum atomic E-state index is -0.941. The maximum atomic E-state index is 6.53. The van der Waals surface area contributed by atoms with Crippen LogP contribution in [0.3, 0.4) is 0 Å². The maximum Gasteiger partial charge on any atom is 0.192 e. The molecule has 4 heteroatoms. The highest BCUT2D eigenvalue weighted by molar-refractivity contribution is 8.45. The summed E-state index contributed by atoms with van der Waals surface area (Å²) in [6.07, 6.45) is 0. The van der Waals surface area contributed by atoms with E-state index in [-0.39, 0.29) is 0 Å². The Morgan fingerprint density at radius 2 is 3.25 bits per heavy atom. The van der Waals surface area contributed by atoms with Gasteiger partial charge in [0, 0.05) is 0 Å². The zero-order valence-corrected chi connectivity index (χ0v) is 4.44. The van der Waals surface area contributed by atoms with Crippen molar-refractivity contribution in [1.82, 2.24) is 0 Å². The number of rotatable bonds is 1. The third kappa shape index (κ3) is 12.0. The normalized spacial score (nSPS) is 21.2. The first-order valence-corrected chi connectivity index (χ1v) is 3.93. The molecule has 24 valence electrons. The number of hydrogen-bond donors (Lipinski definition) is 0. The van der Waals surface area contributed by atoms with Crippen molar-refractivity contribution < 1.29 is 0 Å². The topological polar surface area (TPSA) is 0 Å². The lowest BCUT2D eigenvalue weighted by Crippen LogP contribution is -1.53. The van der Waals surface area contributed by atoms with Gasteiger partial charge in [-0.05, 0) is 2.67 Å². The highest BCUT2D eigenvalue weighted by Crippen LogP contribution is 1.84. The Balaban J connectivity index is 3.26. The molecule has 0 aliphatic heterocycles. The fourth-order valence-corrected chi connectivity index (χ4v) is 0. The van der Waals surface area contributed by atoms with E-state index in [2.05, 4.69) is 8.02 Å². The van der Waals surface area contributed by atoms with Crippen molar-refractivity contribution in [3.63, 3.8) is 0 Å². The summed E-state index contributed by atoms with van der Waals surface area (Å²) in [6, 6.07) is 0. The third-order valence-corrected chi connectivity index (χ3v) is 0. The molecule has 0 N–H and O–H groups in total. The van der Waals surface area contributed by atoms with Gasteiger partial charge in [0.15, 0.2) is 7.05 Å². The average Bonchev–Trinajstić information content (AvgIpc) is 1.36. The van der Waals surface area contributed by atoms with Crippen LogP contribution in [0.15, 0.2) is 0 Å². The van der Waals surface area contributed by atoms with Crippen molar-refractivity contribution >= 4 is 34.9 Å². The standard InChI is InChI=1S/BClH3PS/c1-4(2)3/h3H,1H2/i1TD. The SMILES string of the molecule is [2H]B([3H])S(=P)Cl. The molecule has 0 spiro atoms. The van der Waals surface area contributed by atoms with Crippen LogP contribution in [0.2, 0.25) is 0 Å². The van der Waals surface area contributed by atoms with E-state index < -0.39 is 16.2 Å². The van der Waals surface area contributed by atoms with Gasteiger partial charge in [0.25, 0.3) is 0 Å². The molecular formula is H3BClPS. The van der Waals surface area contributed by atoms with Crippen LogP contribution in [-0.2, 0) is 9.14 Å². The molecule has 0 nitrogen and oxygen atoms in total. The average molecular weight is 115 g/mol. The smallest absolute Gasteiger partial charge is 0.125 e. The Labute approximate surface area is 38.2 Å². The summed E-state index contributed by atoms with van der Waals surface area (Å²) in [4.78, 5) is 0. The van der Waals surface area contributed by atoms with E-state index in [9.17, 15) is 0 Å². The summed E-state index contributed by atoms with van der Waals surface area (Å²) in [5.41, 5.74) is 0. The highest BCUT2D eigenvalue weighted by Gasteiger charge is 1.55. The quantitative estimate of drug-likeness (QED) is 0.342. The van der Waals surface area contributed by atoms with Crippen molar-refractivity contribution in [2.75, 3.05) is 0 Å². The summed E-state index contributed by atoms with van der Waals surface area (Å²) in [5.74, 6) is 0. The minimum absolute atomic E-state index is 0.756. The van der Waals surface area contributed by atoms with Gasteiger partial charge in [0.2, 0.25) is 0 Å². The van der Waals surface area contributed by atoms with Crippen molar-refractivity contribution in [3.8, 4) is 0 Å². The molecule has 0 fully saturated rings. The second-order valence-electron chi connectivity index (χ2n) is 0.284. The van der Waals surface area contributed by atoms with E-state index in [1.54, 1.807) is 0 Å². The van der Waals surface area contributed by atoms with Crippen molar-refractivity contribution in [2.45, 2.75) is 0 Å². The van der Waals surface area contributed by atoms with Crippen LogP contribution in [0, 0.1) is 0 Å². The van der Waals surface area contributed by atoms with Gasteiger partial charge in [0.05, 0.1) is 0 Å². The summed E-state index contributed by atoms with van der Waals surface area (Å²) < 4.78 is 13.1. The second kappa shape index (κ2) is 2.25. The molecule has 0 heterocycles. The Kier molecular flexibility index (Phi) is 1.25. The fraction of sp³-hybridized carbons (Fsp3) is 0. The van der Waals surface area contributed by atoms with Gasteiger partial charge >= 0.3 is 0 Å². The van der Waals surface area contributed by atoms with Crippen LogP contribution in [-0.4, -0.2) is 9.72 Å². The molecule has 0 amide bonds. The van der Waals surface area contributed by atoms with Gasteiger partial charge in [0.1, 0.15) is 0 Å². The summed E-state index contributed by atoms with van der Waals surface area (Å²) >= 11 is 0. The third-order valence-electron chi connectivity index (χ3n) is 0. The van der Waals surface area contributed by atoms with Crippen molar-refractivity contribution in [2.24, 2.45) is 0 Å². The predicted molar refractivity (Wildman–Crippen MR) is 30.1 cm³/mol. The molecule has 0 aliphatic carbocycles. The van der Waals surface area contributed by atoms with Crippen LogP contribution in [0.25, 0.3) is 0 Å². The van der Waals surface area contributed by atoms with Crippen LogP contribution in [0.5, 0.6) is 0 Å². The van der Waals surface area contributed by atoms with Crippen LogP contribution in [0.4, 0.5) is 0 Å². The first-order valence-electron chi connectivity index (χ1n) is 1.75. The predicted octanol–water partition coefficient (Wildman–Crippen LogP) is 0.364. The molecule has 0 bridgehead atoms. The molecule has 0 rings (SSSR count). The zero-order chi connectivity index (χ0) is 5.15. The number of halogens is 1. The molecule has 1 unspecified atom stereocenters. The molecule has 0 saturated carbocycles. The van der Waals surface area contributed by atoms with Crippen LogP contribution >= 0.6 is 18.7 Å². The van der Waals surface area contributed by atoms with Crippen molar-refractivity contribution in [3.05, 3.63) is 0 Å². The van der Waals surface area contributed by atoms with Gasteiger partial charge in [-0.15, -0.1) is 9.14 Å². The van der Waals surface area contributed by atoms with Gasteiger partial charge in [-0.2, -0.15) is 0 Å². The Morgan fingerprint density at radius 1 is 3.00 bits per heavy atom. The Morgan fingerprint density at radius 3 is 3.25 bits per heavy atom. The van der Waals surface area contributed by atoms with Crippen LogP contribution in [0.1, 0.15) is 0 Å². The molecule has 0 aromatic carbocycles. The maximum absolute atomic E-state index is 6.53. The first kappa shape index (κ1) is 2.23. The zero-order valence-electron chi connectivity index (χ0n) is 3.86. The van der Waals surface area contributed by atoms with E-state index >= 15 is 0 Å². The lowest BCUT2D eigenvalue weighted by atomic mass is 10.8. The molecule has 0 saturated heterocycles. The molecule has 0 radical (unpaired) electrons. The van der Waals surface area contributed by atoms with E-state index in [1.165, 1.54) is 0 Å². The molecule has 0 aromatic heterocycles. The lowest BCUT2D eigenvalue weighted by molar-refractivity contribution is 4.90. The minimum Gasteiger partial charge on any atom is -0.125 e. The van der Waals surface area contributed by atoms with Crippen molar-refractivity contribution in [1.29, 1.82) is 2.67 Å². The first-order chi connectivity index (χ1) is 2.64. The van der Waals surface area contributed by atoms with Gasteiger partial charge in [-0.25, -0.2) is 0 Å². The molecule has 0 aliphatic rings. The monoisotopic (exact) mass is 115 g/mol. The largest absolute Gasteiger partial charge is 0.192 e. The summed E-state index contributed by atoms with van der Waals surface area (Å²) in [5, 5.41) is 0. The van der Waals surface area contributed by atoms with E-state index in [4.69, 9.17) is 13.4 Å². The molecule has 0 aromatic rings. The highest BCUT2D eigenvalue weighted by atomic mass is 35.7. The summed E-state index contributed by atoms with van der Waals surface area (Å²) in [6.45, 7) is 0. The number of hydrogen-bond acceptors (Lipinski definition) is 0. The van der Waals surface area contributed by atoms with Crippen LogP contribution < -0.4 is 0 Å². The van der Waals surface area contributed by atoms with Gasteiger partial charge in [-0.3, -0.25) is 0 Å². The van der Waals surface area contributed by atoms with Gasteiger partial charge in [-0.1, -0.05) is 18.7 Å².